The molecule has 9 nitrogen and oxygen atoms in total. The van der Waals surface area contributed by atoms with Crippen molar-refractivity contribution in [3.05, 3.63) is 72.1 Å². The molecule has 12 heteroatoms. The van der Waals surface area contributed by atoms with Crippen LogP contribution in [0.1, 0.15) is 11.3 Å². The predicted octanol–water partition coefficient (Wildman–Crippen LogP) is 4.34. The SMILES string of the molecule is CN=C(c1ccnc(Nc2cc(NC(=O)/C=C/C(F)(F)F)c(OC)cc2OC)n1)c1ccccc1N. The van der Waals surface area contributed by atoms with E-state index in [0.717, 1.165) is 0 Å². The molecule has 4 N–H and O–H groups in total. The molecular formula is C24H23F3N6O3. The summed E-state index contributed by atoms with van der Waals surface area (Å²) >= 11 is 0. The van der Waals surface area contributed by atoms with E-state index in [1.54, 1.807) is 19.2 Å². The minimum atomic E-state index is -4.62. The summed E-state index contributed by atoms with van der Waals surface area (Å²) in [5.74, 6) is -0.354. The van der Waals surface area contributed by atoms with Gasteiger partial charge in [0.1, 0.15) is 11.5 Å². The number of aliphatic imine (C=N–C) groups is 1. The lowest BCUT2D eigenvalue weighted by atomic mass is 10.1. The highest BCUT2D eigenvalue weighted by molar-refractivity contribution is 6.14. The third kappa shape index (κ3) is 6.50. The maximum atomic E-state index is 12.4. The molecule has 0 unspecified atom stereocenters. The number of rotatable bonds is 8. The van der Waals surface area contributed by atoms with Gasteiger partial charge in [-0.3, -0.25) is 9.79 Å². The van der Waals surface area contributed by atoms with Crippen molar-refractivity contribution in [3.63, 3.8) is 0 Å². The van der Waals surface area contributed by atoms with Crippen molar-refractivity contribution in [1.29, 1.82) is 0 Å². The van der Waals surface area contributed by atoms with Crippen LogP contribution < -0.4 is 25.8 Å². The second-order valence-electron chi connectivity index (χ2n) is 7.17. The Balaban J connectivity index is 1.94. The number of hydrogen-bond acceptors (Lipinski definition) is 8. The standard InChI is InChI=1S/C24H23F3N6O3/c1-29-22(14-6-4-5-7-15(14)28)16-9-11-30-23(32-16)33-18-12-17(19(35-2)13-20(18)36-3)31-21(34)8-10-24(25,26)27/h4-13H,28H2,1-3H3,(H,31,34)(H,30,32,33)/b10-8+,29-22?. The Morgan fingerprint density at radius 1 is 1.08 bits per heavy atom. The molecular weight excluding hydrogens is 477 g/mol. The number of carbonyl (C=O) groups excluding carboxylic acids is 1. The number of hydrogen-bond donors (Lipinski definition) is 3. The van der Waals surface area contributed by atoms with Crippen LogP contribution in [0, 0.1) is 0 Å². The van der Waals surface area contributed by atoms with E-state index in [1.807, 2.05) is 18.2 Å². The number of aromatic nitrogens is 2. The first-order valence-corrected chi connectivity index (χ1v) is 10.4. The first-order chi connectivity index (χ1) is 17.1. The minimum absolute atomic E-state index is 0.0987. The van der Waals surface area contributed by atoms with Crippen LogP contribution in [0.5, 0.6) is 11.5 Å². The largest absolute Gasteiger partial charge is 0.494 e. The quantitative estimate of drug-likeness (QED) is 0.239. The van der Waals surface area contributed by atoms with E-state index in [-0.39, 0.29) is 23.5 Å². The summed E-state index contributed by atoms with van der Waals surface area (Å²) in [5.41, 5.74) is 8.78. The highest BCUT2D eigenvalue weighted by Gasteiger charge is 2.23. The van der Waals surface area contributed by atoms with Gasteiger partial charge in [0.25, 0.3) is 0 Å². The number of para-hydroxylation sites is 1. The Kier molecular flexibility index (Phi) is 8.10. The van der Waals surface area contributed by atoms with E-state index in [2.05, 4.69) is 25.6 Å². The number of amides is 1. The van der Waals surface area contributed by atoms with Gasteiger partial charge in [0.15, 0.2) is 0 Å². The summed E-state index contributed by atoms with van der Waals surface area (Å²) in [5, 5.41) is 5.35. The van der Waals surface area contributed by atoms with Crippen LogP contribution in [0.15, 0.2) is 65.8 Å². The minimum Gasteiger partial charge on any atom is -0.494 e. The Labute approximate surface area is 204 Å². The van der Waals surface area contributed by atoms with Gasteiger partial charge in [0, 0.05) is 42.7 Å². The lowest BCUT2D eigenvalue weighted by Gasteiger charge is -2.16. The normalized spacial score (nSPS) is 11.9. The Morgan fingerprint density at radius 3 is 2.42 bits per heavy atom. The summed E-state index contributed by atoms with van der Waals surface area (Å²) in [4.78, 5) is 25.0. The fraction of sp³-hybridized carbons (Fsp3) is 0.167. The number of carbonyl (C=O) groups is 1. The van der Waals surface area contributed by atoms with E-state index < -0.39 is 12.1 Å². The van der Waals surface area contributed by atoms with Crippen LogP contribution in [-0.4, -0.2) is 49.0 Å². The molecule has 0 fully saturated rings. The van der Waals surface area contributed by atoms with E-state index in [0.29, 0.717) is 40.2 Å². The second-order valence-corrected chi connectivity index (χ2v) is 7.17. The van der Waals surface area contributed by atoms with E-state index in [4.69, 9.17) is 15.2 Å². The molecule has 0 spiro atoms. The van der Waals surface area contributed by atoms with Crippen LogP contribution >= 0.6 is 0 Å². The van der Waals surface area contributed by atoms with Crippen LogP contribution in [0.4, 0.5) is 36.2 Å². The summed E-state index contributed by atoms with van der Waals surface area (Å²) in [6.45, 7) is 0. The van der Waals surface area contributed by atoms with E-state index in [9.17, 15) is 18.0 Å². The summed E-state index contributed by atoms with van der Waals surface area (Å²) in [7, 11) is 4.38. The fourth-order valence-corrected chi connectivity index (χ4v) is 3.20. The number of ether oxygens (including phenoxy) is 2. The van der Waals surface area contributed by atoms with Crippen molar-refractivity contribution in [2.24, 2.45) is 4.99 Å². The first kappa shape index (κ1) is 26.0. The molecule has 36 heavy (non-hydrogen) atoms. The van der Waals surface area contributed by atoms with Gasteiger partial charge in [0.05, 0.1) is 37.0 Å². The van der Waals surface area contributed by atoms with Crippen LogP contribution in [0.2, 0.25) is 0 Å². The molecule has 2 aromatic carbocycles. The Morgan fingerprint density at radius 2 is 1.78 bits per heavy atom. The number of nitrogen functional groups attached to an aromatic ring is 1. The third-order valence-corrected chi connectivity index (χ3v) is 4.79. The number of nitrogens with one attached hydrogen (secondary N) is 2. The summed E-state index contributed by atoms with van der Waals surface area (Å²) in [6, 6.07) is 11.8. The molecule has 0 saturated heterocycles. The van der Waals surface area contributed by atoms with Gasteiger partial charge < -0.3 is 25.8 Å². The number of halogens is 3. The first-order valence-electron chi connectivity index (χ1n) is 10.4. The van der Waals surface area contributed by atoms with Crippen molar-refractivity contribution < 1.29 is 27.4 Å². The van der Waals surface area contributed by atoms with Crippen molar-refractivity contribution >= 4 is 34.6 Å². The van der Waals surface area contributed by atoms with Gasteiger partial charge in [-0.1, -0.05) is 18.2 Å². The molecule has 0 bridgehead atoms. The molecule has 0 saturated carbocycles. The molecule has 0 atom stereocenters. The molecule has 3 rings (SSSR count). The smallest absolute Gasteiger partial charge is 0.409 e. The van der Waals surface area contributed by atoms with E-state index >= 15 is 0 Å². The average molecular weight is 500 g/mol. The van der Waals surface area contributed by atoms with Gasteiger partial charge >= 0.3 is 6.18 Å². The number of methoxy groups -OCH3 is 2. The zero-order valence-corrected chi connectivity index (χ0v) is 19.6. The summed E-state index contributed by atoms with van der Waals surface area (Å²) < 4.78 is 47.8. The topological polar surface area (TPSA) is 124 Å². The number of anilines is 4. The Hall–Kier alpha value is -4.61. The zero-order valence-electron chi connectivity index (χ0n) is 19.6. The molecule has 0 aliphatic carbocycles. The molecule has 0 aliphatic heterocycles. The maximum Gasteiger partial charge on any atom is 0.409 e. The molecule has 0 radical (unpaired) electrons. The number of allylic oxidation sites excluding steroid dienone is 1. The van der Waals surface area contributed by atoms with Crippen LogP contribution in [0.25, 0.3) is 0 Å². The molecule has 1 heterocycles. The van der Waals surface area contributed by atoms with Crippen molar-refractivity contribution in [2.75, 3.05) is 37.6 Å². The Bertz CT molecular complexity index is 1310. The van der Waals surface area contributed by atoms with Crippen LogP contribution in [0.3, 0.4) is 0 Å². The molecule has 0 aliphatic rings. The molecule has 1 amide bonds. The number of alkyl halides is 3. The van der Waals surface area contributed by atoms with E-state index in [1.165, 1.54) is 32.5 Å². The van der Waals surface area contributed by atoms with Gasteiger partial charge in [-0.25, -0.2) is 9.97 Å². The van der Waals surface area contributed by atoms with Crippen molar-refractivity contribution in [3.8, 4) is 11.5 Å². The van der Waals surface area contributed by atoms with Crippen molar-refractivity contribution in [1.82, 2.24) is 9.97 Å². The third-order valence-electron chi connectivity index (χ3n) is 4.79. The number of benzene rings is 2. The predicted molar refractivity (Wildman–Crippen MR) is 131 cm³/mol. The van der Waals surface area contributed by atoms with Gasteiger partial charge in [0.2, 0.25) is 11.9 Å². The van der Waals surface area contributed by atoms with Gasteiger partial charge in [-0.15, -0.1) is 0 Å². The second kappa shape index (κ2) is 11.2. The lowest BCUT2D eigenvalue weighted by molar-refractivity contribution is -0.112. The fourth-order valence-electron chi connectivity index (χ4n) is 3.20. The molecule has 3 aromatic rings. The average Bonchev–Trinajstić information content (AvgIpc) is 2.84. The zero-order chi connectivity index (χ0) is 26.3. The lowest BCUT2D eigenvalue weighted by Crippen LogP contribution is -2.12. The van der Waals surface area contributed by atoms with Gasteiger partial charge in [-0.05, 0) is 18.2 Å². The molecule has 1 aromatic heterocycles. The van der Waals surface area contributed by atoms with Crippen LogP contribution in [-0.2, 0) is 4.79 Å². The number of nitrogens with zero attached hydrogens (tertiary/aromatic N) is 3. The van der Waals surface area contributed by atoms with Crippen molar-refractivity contribution in [2.45, 2.75) is 6.18 Å². The highest BCUT2D eigenvalue weighted by atomic mass is 19.4. The number of nitrogens with two attached hydrogens (primary N) is 1. The summed E-state index contributed by atoms with van der Waals surface area (Å²) in [6.07, 6.45) is -2.88. The monoisotopic (exact) mass is 500 g/mol. The highest BCUT2D eigenvalue weighted by Crippen LogP contribution is 2.37. The maximum absolute atomic E-state index is 12.4. The van der Waals surface area contributed by atoms with Gasteiger partial charge in [-0.2, -0.15) is 13.2 Å². The molecule has 188 valence electrons.